The normalized spacial score (nSPS) is 11.4. The molecule has 0 fully saturated rings. The first-order valence-corrected chi connectivity index (χ1v) is 10.3. The second kappa shape index (κ2) is 9.07. The van der Waals surface area contributed by atoms with E-state index in [1.165, 1.54) is 16.7 Å². The Morgan fingerprint density at radius 1 is 1.09 bits per heavy atom. The number of hydrogen-bond donors (Lipinski definition) is 1. The van der Waals surface area contributed by atoms with E-state index in [0.29, 0.717) is 22.8 Å². The molecule has 0 amide bonds. The SMILES string of the molecule is Cn1c(=O)n(CCCON)c(=O)c2c1nc(-c1ccccc1Cl)n2Cc1ccc(F)cc1. The van der Waals surface area contributed by atoms with Crippen LogP contribution in [0.5, 0.6) is 0 Å². The van der Waals surface area contributed by atoms with Gasteiger partial charge in [0.05, 0.1) is 11.6 Å². The maximum Gasteiger partial charge on any atom is 0.332 e. The van der Waals surface area contributed by atoms with Crippen molar-refractivity contribution in [2.75, 3.05) is 6.61 Å². The van der Waals surface area contributed by atoms with E-state index in [1.54, 1.807) is 41.9 Å². The van der Waals surface area contributed by atoms with E-state index < -0.39 is 11.2 Å². The van der Waals surface area contributed by atoms with Crippen molar-refractivity contribution in [3.63, 3.8) is 0 Å². The third kappa shape index (κ3) is 3.97. The molecule has 0 radical (unpaired) electrons. The Morgan fingerprint density at radius 2 is 1.81 bits per heavy atom. The molecule has 0 bridgehead atoms. The van der Waals surface area contributed by atoms with E-state index in [9.17, 15) is 14.0 Å². The molecule has 2 aromatic heterocycles. The zero-order valence-electron chi connectivity index (χ0n) is 17.3. The summed E-state index contributed by atoms with van der Waals surface area (Å²) >= 11 is 6.43. The summed E-state index contributed by atoms with van der Waals surface area (Å²) in [5.74, 6) is 5.14. The number of nitrogens with zero attached hydrogens (tertiary/aromatic N) is 4. The molecule has 2 heterocycles. The molecule has 0 aliphatic heterocycles. The van der Waals surface area contributed by atoms with Crippen LogP contribution in [0.25, 0.3) is 22.6 Å². The Bertz CT molecular complexity index is 1390. The number of aromatic nitrogens is 4. The predicted octanol–water partition coefficient (Wildman–Crippen LogP) is 2.68. The molecule has 2 aromatic carbocycles. The number of nitrogens with two attached hydrogens (primary N) is 1. The molecule has 0 saturated heterocycles. The summed E-state index contributed by atoms with van der Waals surface area (Å²) in [5.41, 5.74) is 0.894. The molecule has 0 atom stereocenters. The van der Waals surface area contributed by atoms with Gasteiger partial charge in [-0.25, -0.2) is 20.1 Å². The lowest BCUT2D eigenvalue weighted by atomic mass is 10.2. The highest BCUT2D eigenvalue weighted by atomic mass is 35.5. The molecule has 4 rings (SSSR count). The first-order valence-electron chi connectivity index (χ1n) is 9.93. The summed E-state index contributed by atoms with van der Waals surface area (Å²) in [6.45, 7) is 0.575. The fourth-order valence-electron chi connectivity index (χ4n) is 3.65. The number of hydrogen-bond acceptors (Lipinski definition) is 5. The molecule has 8 nitrogen and oxygen atoms in total. The molecule has 32 heavy (non-hydrogen) atoms. The predicted molar refractivity (Wildman–Crippen MR) is 120 cm³/mol. The van der Waals surface area contributed by atoms with Crippen molar-refractivity contribution >= 4 is 22.8 Å². The summed E-state index contributed by atoms with van der Waals surface area (Å²) in [5, 5.41) is 0.452. The van der Waals surface area contributed by atoms with Gasteiger partial charge in [0, 0.05) is 25.7 Å². The topological polar surface area (TPSA) is 97.1 Å². The van der Waals surface area contributed by atoms with Crippen molar-refractivity contribution in [2.45, 2.75) is 19.5 Å². The van der Waals surface area contributed by atoms with Gasteiger partial charge in [-0.2, -0.15) is 0 Å². The number of aryl methyl sites for hydroxylation is 1. The van der Waals surface area contributed by atoms with Gasteiger partial charge >= 0.3 is 5.69 Å². The van der Waals surface area contributed by atoms with Crippen LogP contribution < -0.4 is 17.1 Å². The summed E-state index contributed by atoms with van der Waals surface area (Å²) in [6, 6.07) is 13.1. The van der Waals surface area contributed by atoms with E-state index in [4.69, 9.17) is 17.5 Å². The van der Waals surface area contributed by atoms with Crippen molar-refractivity contribution in [1.82, 2.24) is 18.7 Å². The molecule has 0 aliphatic carbocycles. The maximum absolute atomic E-state index is 13.4. The monoisotopic (exact) mass is 457 g/mol. The van der Waals surface area contributed by atoms with Crippen LogP contribution in [-0.4, -0.2) is 25.3 Å². The smallest absolute Gasteiger partial charge is 0.314 e. The van der Waals surface area contributed by atoms with Crippen LogP contribution in [0, 0.1) is 5.82 Å². The Balaban J connectivity index is 2.00. The summed E-state index contributed by atoms with van der Waals surface area (Å²) < 4.78 is 17.6. The highest BCUT2D eigenvalue weighted by Crippen LogP contribution is 2.29. The van der Waals surface area contributed by atoms with Crippen LogP contribution in [0.1, 0.15) is 12.0 Å². The first kappa shape index (κ1) is 21.9. The van der Waals surface area contributed by atoms with Crippen LogP contribution in [0.2, 0.25) is 5.02 Å². The van der Waals surface area contributed by atoms with Gasteiger partial charge < -0.3 is 9.40 Å². The zero-order chi connectivity index (χ0) is 22.8. The van der Waals surface area contributed by atoms with Crippen LogP contribution in [-0.2, 0) is 25.0 Å². The third-order valence-electron chi connectivity index (χ3n) is 5.25. The van der Waals surface area contributed by atoms with E-state index >= 15 is 0 Å². The molecule has 2 N–H and O–H groups in total. The molecular weight excluding hydrogens is 437 g/mol. The van der Waals surface area contributed by atoms with Gasteiger partial charge in [-0.1, -0.05) is 35.9 Å². The molecule has 4 aromatic rings. The Morgan fingerprint density at radius 3 is 2.50 bits per heavy atom. The first-order chi connectivity index (χ1) is 15.4. The number of rotatable bonds is 7. The maximum atomic E-state index is 13.4. The Kier molecular flexibility index (Phi) is 6.22. The van der Waals surface area contributed by atoms with Crippen molar-refractivity contribution in [3.05, 3.63) is 85.8 Å². The molecule has 0 saturated carbocycles. The molecule has 0 unspecified atom stereocenters. The summed E-state index contributed by atoms with van der Waals surface area (Å²) in [6.07, 6.45) is 0.390. The molecule has 166 valence electrons. The van der Waals surface area contributed by atoms with E-state index in [2.05, 4.69) is 9.82 Å². The van der Waals surface area contributed by atoms with Crippen molar-refractivity contribution < 1.29 is 9.23 Å². The molecular formula is C22H21ClFN5O3. The van der Waals surface area contributed by atoms with Gasteiger partial charge in [-0.05, 0) is 36.2 Å². The Hall–Kier alpha value is -3.27. The second-order valence-corrected chi connectivity index (χ2v) is 7.73. The van der Waals surface area contributed by atoms with Gasteiger partial charge in [0.15, 0.2) is 11.2 Å². The summed E-state index contributed by atoms with van der Waals surface area (Å²) in [7, 11) is 1.56. The zero-order valence-corrected chi connectivity index (χ0v) is 18.1. The fraction of sp³-hybridized carbons (Fsp3) is 0.227. The van der Waals surface area contributed by atoms with E-state index in [0.717, 1.165) is 10.1 Å². The average Bonchev–Trinajstić information content (AvgIpc) is 3.16. The number of imidazole rings is 1. The van der Waals surface area contributed by atoms with Crippen LogP contribution in [0.3, 0.4) is 0 Å². The highest BCUT2D eigenvalue weighted by molar-refractivity contribution is 6.33. The van der Waals surface area contributed by atoms with Gasteiger partial charge in [0.25, 0.3) is 5.56 Å². The average molecular weight is 458 g/mol. The largest absolute Gasteiger partial charge is 0.332 e. The van der Waals surface area contributed by atoms with E-state index in [-0.39, 0.29) is 36.7 Å². The quantitative estimate of drug-likeness (QED) is 0.340. The number of fused-ring (bicyclic) bond motifs is 1. The van der Waals surface area contributed by atoms with Crippen LogP contribution in [0.4, 0.5) is 4.39 Å². The highest BCUT2D eigenvalue weighted by Gasteiger charge is 2.22. The number of halogens is 2. The fourth-order valence-corrected chi connectivity index (χ4v) is 3.87. The van der Waals surface area contributed by atoms with Crippen molar-refractivity contribution in [3.8, 4) is 11.4 Å². The number of benzene rings is 2. The molecule has 0 spiro atoms. The van der Waals surface area contributed by atoms with Crippen molar-refractivity contribution in [1.29, 1.82) is 0 Å². The van der Waals surface area contributed by atoms with Crippen LogP contribution in [0.15, 0.2) is 58.1 Å². The second-order valence-electron chi connectivity index (χ2n) is 7.32. The minimum Gasteiger partial charge on any atom is -0.314 e. The lowest BCUT2D eigenvalue weighted by Gasteiger charge is -2.12. The van der Waals surface area contributed by atoms with Gasteiger partial charge in [-0.15, -0.1) is 0 Å². The molecule has 0 aliphatic rings. The minimum atomic E-state index is -0.489. The van der Waals surface area contributed by atoms with Gasteiger partial charge in [0.1, 0.15) is 11.6 Å². The summed E-state index contributed by atoms with van der Waals surface area (Å²) in [4.78, 5) is 35.5. The minimum absolute atomic E-state index is 0.141. The van der Waals surface area contributed by atoms with Crippen molar-refractivity contribution in [2.24, 2.45) is 12.9 Å². The van der Waals surface area contributed by atoms with Crippen LogP contribution >= 0.6 is 11.6 Å². The third-order valence-corrected chi connectivity index (χ3v) is 5.57. The lowest BCUT2D eigenvalue weighted by Crippen LogP contribution is -2.40. The standard InChI is InChI=1S/C22H21ClFN5O3/c1-27-20-18(21(30)28(22(27)31)11-4-12-32-25)29(13-14-7-9-15(24)10-8-14)19(26-20)16-5-2-3-6-17(16)23/h2-3,5-10H,4,11-13,25H2,1H3. The van der Waals surface area contributed by atoms with Gasteiger partial charge in [-0.3, -0.25) is 13.9 Å². The van der Waals surface area contributed by atoms with E-state index in [1.807, 2.05) is 6.07 Å². The Labute approximate surface area is 187 Å². The van der Waals surface area contributed by atoms with Gasteiger partial charge in [0.2, 0.25) is 0 Å². The molecule has 10 heteroatoms. The lowest BCUT2D eigenvalue weighted by molar-refractivity contribution is 0.131.